The van der Waals surface area contributed by atoms with Crippen molar-refractivity contribution in [1.82, 2.24) is 19.6 Å². The number of carbonyl (C=O) groups is 1. The predicted octanol–water partition coefficient (Wildman–Crippen LogP) is 4.96. The summed E-state index contributed by atoms with van der Waals surface area (Å²) in [6, 6.07) is 11.6. The number of hydrogen-bond acceptors (Lipinski definition) is 5. The molecule has 0 bridgehead atoms. The second kappa shape index (κ2) is 10.6. The molecule has 200 valence electrons. The summed E-state index contributed by atoms with van der Waals surface area (Å²) in [6.07, 6.45) is 12.6. The number of allylic oxidation sites excluding steroid dienone is 2. The second-order valence-electron chi connectivity index (χ2n) is 11.9. The van der Waals surface area contributed by atoms with Crippen LogP contribution < -0.4 is 0 Å². The number of piperidine rings is 1. The smallest absolute Gasteiger partial charge is 0.320 e. The minimum atomic E-state index is -0.0188. The normalized spacial score (nSPS) is 29.8. The average molecular weight is 505 g/mol. The summed E-state index contributed by atoms with van der Waals surface area (Å²) in [5.41, 5.74) is 2.64. The van der Waals surface area contributed by atoms with Crippen molar-refractivity contribution >= 4 is 19.0 Å². The summed E-state index contributed by atoms with van der Waals surface area (Å²) < 4.78 is 0. The minimum absolute atomic E-state index is 0.0188. The van der Waals surface area contributed by atoms with Crippen LogP contribution in [0.25, 0.3) is 0 Å². The molecule has 2 saturated heterocycles. The number of hydrogen-bond donors (Lipinski definition) is 0. The van der Waals surface area contributed by atoms with Crippen molar-refractivity contribution in [2.24, 2.45) is 16.1 Å². The Labute approximate surface area is 222 Å². The van der Waals surface area contributed by atoms with Gasteiger partial charge >= 0.3 is 6.03 Å². The number of carbonyl (C=O) groups excluding carboxylic acids is 1. The van der Waals surface area contributed by atoms with E-state index in [0.717, 1.165) is 64.7 Å². The van der Waals surface area contributed by atoms with Crippen LogP contribution in [0.4, 0.5) is 4.79 Å². The number of rotatable bonds is 8. The fourth-order valence-corrected chi connectivity index (χ4v) is 7.07. The molecule has 0 N–H and O–H groups in total. The Kier molecular flexibility index (Phi) is 7.44. The van der Waals surface area contributed by atoms with E-state index in [2.05, 4.69) is 87.9 Å². The number of benzene rings is 1. The third-order valence-corrected chi connectivity index (χ3v) is 9.69. The molecular weight excluding hydrogens is 460 g/mol. The van der Waals surface area contributed by atoms with Crippen LogP contribution in [-0.4, -0.2) is 90.4 Å². The van der Waals surface area contributed by atoms with Crippen LogP contribution in [0.1, 0.15) is 63.9 Å². The van der Waals surface area contributed by atoms with Crippen molar-refractivity contribution in [2.45, 2.75) is 75.4 Å². The lowest BCUT2D eigenvalue weighted by Crippen LogP contribution is -2.55. The molecule has 0 radical (unpaired) electrons. The summed E-state index contributed by atoms with van der Waals surface area (Å²) >= 11 is 0. The Morgan fingerprint density at radius 1 is 1.08 bits per heavy atom. The largest absolute Gasteiger partial charge is 0.375 e. The number of nitrogens with zero attached hydrogens (tertiary/aromatic N) is 6. The van der Waals surface area contributed by atoms with Gasteiger partial charge in [-0.05, 0) is 89.9 Å². The molecule has 7 heteroatoms. The molecule has 7 nitrogen and oxygen atoms in total. The highest BCUT2D eigenvalue weighted by molar-refractivity contribution is 5.79. The van der Waals surface area contributed by atoms with Gasteiger partial charge in [-0.15, -0.1) is 0 Å². The minimum Gasteiger partial charge on any atom is -0.375 e. The van der Waals surface area contributed by atoms with Crippen molar-refractivity contribution in [3.63, 3.8) is 0 Å². The first kappa shape index (κ1) is 26.0. The Bertz CT molecular complexity index is 1010. The first-order chi connectivity index (χ1) is 17.9. The van der Waals surface area contributed by atoms with Gasteiger partial charge in [0.15, 0.2) is 0 Å². The van der Waals surface area contributed by atoms with Gasteiger partial charge in [-0.25, -0.2) is 4.79 Å². The van der Waals surface area contributed by atoms with Crippen LogP contribution in [0.15, 0.2) is 52.3 Å². The lowest BCUT2D eigenvalue weighted by molar-refractivity contribution is 0.0222. The molecule has 2 heterocycles. The lowest BCUT2D eigenvalue weighted by atomic mass is 9.68. The molecule has 1 aromatic carbocycles. The van der Waals surface area contributed by atoms with Gasteiger partial charge < -0.3 is 14.7 Å². The van der Waals surface area contributed by atoms with Crippen molar-refractivity contribution in [3.05, 3.63) is 47.7 Å². The highest BCUT2D eigenvalue weighted by Gasteiger charge is 2.56. The maximum Gasteiger partial charge on any atom is 0.320 e. The molecule has 1 spiro atoms. The molecule has 1 aromatic rings. The first-order valence-electron chi connectivity index (χ1n) is 14.1. The molecule has 5 rings (SSSR count). The van der Waals surface area contributed by atoms with Crippen LogP contribution in [0.5, 0.6) is 0 Å². The zero-order valence-electron chi connectivity index (χ0n) is 23.0. The fraction of sp³-hybridized carbons (Fsp3) is 0.633. The maximum absolute atomic E-state index is 14.0. The van der Waals surface area contributed by atoms with Gasteiger partial charge in [0.05, 0.1) is 11.8 Å². The molecule has 0 atom stereocenters. The van der Waals surface area contributed by atoms with E-state index in [-0.39, 0.29) is 11.1 Å². The van der Waals surface area contributed by atoms with Crippen molar-refractivity contribution in [3.8, 4) is 0 Å². The highest BCUT2D eigenvalue weighted by atomic mass is 16.2. The number of urea groups is 1. The molecule has 4 fully saturated rings. The molecule has 0 aromatic heterocycles. The third-order valence-electron chi connectivity index (χ3n) is 9.69. The van der Waals surface area contributed by atoms with Gasteiger partial charge in [0.2, 0.25) is 0 Å². The Balaban J connectivity index is 1.31. The molecule has 2 aliphatic carbocycles. The summed E-state index contributed by atoms with van der Waals surface area (Å²) in [4.78, 5) is 23.4. The van der Waals surface area contributed by atoms with E-state index in [0.29, 0.717) is 18.0 Å². The molecule has 2 aliphatic heterocycles. The number of likely N-dealkylation sites (tertiary alicyclic amines) is 1. The molecule has 37 heavy (non-hydrogen) atoms. The van der Waals surface area contributed by atoms with Crippen molar-refractivity contribution < 1.29 is 4.79 Å². The van der Waals surface area contributed by atoms with Crippen molar-refractivity contribution in [2.75, 3.05) is 40.3 Å². The fourth-order valence-electron chi connectivity index (χ4n) is 7.07. The van der Waals surface area contributed by atoms with Gasteiger partial charge in [0.1, 0.15) is 0 Å². The van der Waals surface area contributed by atoms with Crippen LogP contribution in [-0.2, 0) is 5.54 Å². The highest BCUT2D eigenvalue weighted by Crippen LogP contribution is 2.50. The van der Waals surface area contributed by atoms with E-state index in [1.54, 1.807) is 6.21 Å². The molecule has 4 aliphatic rings. The summed E-state index contributed by atoms with van der Waals surface area (Å²) in [7, 11) is 4.45. The SMILES string of the molecule is C=N/N=C\C=C(/C)N1CCC(N2CC3(CCC(c4ccccc4)(N(C)C)CC3)N(CC3CC3)C2=O)CC1. The second-order valence-corrected chi connectivity index (χ2v) is 11.9. The van der Waals surface area contributed by atoms with E-state index in [1.807, 2.05) is 6.08 Å². The van der Waals surface area contributed by atoms with Crippen LogP contribution in [0, 0.1) is 5.92 Å². The Morgan fingerprint density at radius 2 is 1.76 bits per heavy atom. The lowest BCUT2D eigenvalue weighted by Gasteiger charge is -2.51. The quantitative estimate of drug-likeness (QED) is 0.372. The molecule has 0 unspecified atom stereocenters. The molecule has 2 saturated carbocycles. The van der Waals surface area contributed by atoms with Gasteiger partial charge in [-0.2, -0.15) is 10.2 Å². The summed E-state index contributed by atoms with van der Waals surface area (Å²) in [5, 5.41) is 7.38. The van der Waals surface area contributed by atoms with E-state index in [1.165, 1.54) is 24.1 Å². The molecule has 2 amide bonds. The van der Waals surface area contributed by atoms with E-state index in [4.69, 9.17) is 0 Å². The van der Waals surface area contributed by atoms with Gasteiger partial charge in [-0.3, -0.25) is 4.90 Å². The first-order valence-corrected chi connectivity index (χ1v) is 14.1. The maximum atomic E-state index is 14.0. The van der Waals surface area contributed by atoms with E-state index in [9.17, 15) is 4.79 Å². The van der Waals surface area contributed by atoms with E-state index < -0.39 is 0 Å². The zero-order chi connectivity index (χ0) is 26.0. The standard InChI is InChI=1S/C30H44N6O/c1-24(12-19-32-31-2)34-20-13-27(14-21-34)35-23-29(36(28(35)37)22-25-10-11-25)15-17-30(18-16-29,33(3)4)26-8-6-5-7-9-26/h5-9,12,19,25,27H,2,10-11,13-18,20-23H2,1,3-4H3/b24-12+,32-19-. The third kappa shape index (κ3) is 5.07. The van der Waals surface area contributed by atoms with Gasteiger partial charge in [-0.1, -0.05) is 30.3 Å². The van der Waals surface area contributed by atoms with Gasteiger partial charge in [0, 0.05) is 50.2 Å². The zero-order valence-corrected chi connectivity index (χ0v) is 23.0. The van der Waals surface area contributed by atoms with E-state index >= 15 is 0 Å². The average Bonchev–Trinajstić information content (AvgIpc) is 3.71. The predicted molar refractivity (Wildman–Crippen MR) is 151 cm³/mol. The van der Waals surface area contributed by atoms with Crippen LogP contribution in [0.3, 0.4) is 0 Å². The topological polar surface area (TPSA) is 54.8 Å². The molecular formula is C30H44N6O. The number of amides is 2. The van der Waals surface area contributed by atoms with Gasteiger partial charge in [0.25, 0.3) is 0 Å². The summed E-state index contributed by atoms with van der Waals surface area (Å²) in [5.74, 6) is 0.705. The monoisotopic (exact) mass is 504 g/mol. The van der Waals surface area contributed by atoms with Crippen LogP contribution in [0.2, 0.25) is 0 Å². The Hall–Kier alpha value is -2.67. The van der Waals surface area contributed by atoms with Crippen molar-refractivity contribution in [1.29, 1.82) is 0 Å². The van der Waals surface area contributed by atoms with Crippen LogP contribution >= 0.6 is 0 Å². The summed E-state index contributed by atoms with van der Waals surface area (Å²) in [6.45, 7) is 9.30. The Morgan fingerprint density at radius 3 is 2.35 bits per heavy atom.